The molecule has 5 aromatic rings. The minimum absolute atomic E-state index is 0.0432. The monoisotopic (exact) mass is 580 g/mol. The number of hydrogen-bond acceptors (Lipinski definition) is 7. The predicted molar refractivity (Wildman–Crippen MR) is 166 cm³/mol. The van der Waals surface area contributed by atoms with Crippen molar-refractivity contribution < 1.29 is 19.1 Å². The van der Waals surface area contributed by atoms with Gasteiger partial charge in [-0.05, 0) is 48.2 Å². The molecule has 0 saturated carbocycles. The Morgan fingerprint density at radius 1 is 0.833 bits per heavy atom. The molecule has 1 atom stereocenters. The lowest BCUT2D eigenvalue weighted by Gasteiger charge is -2.15. The van der Waals surface area contributed by atoms with Crippen LogP contribution < -0.4 is 9.61 Å². The van der Waals surface area contributed by atoms with Gasteiger partial charge in [-0.15, -0.1) is 0 Å². The van der Waals surface area contributed by atoms with Crippen LogP contribution in [0.2, 0.25) is 0 Å². The molecule has 7 nitrogen and oxygen atoms in total. The fourth-order valence-corrected chi connectivity index (χ4v) is 5.91. The second-order valence-corrected chi connectivity index (χ2v) is 10.8. The van der Waals surface area contributed by atoms with Gasteiger partial charge in [0, 0.05) is 11.1 Å². The molecule has 0 aliphatic carbocycles. The number of hydrogen-bond donors (Lipinski definition) is 0. The number of thiazole rings is 1. The van der Waals surface area contributed by atoms with E-state index in [0.717, 1.165) is 32.5 Å². The van der Waals surface area contributed by atoms with Gasteiger partial charge in [-0.3, -0.25) is 14.2 Å². The minimum Gasteiger partial charge on any atom is -0.492 e. The second kappa shape index (κ2) is 13.8. The highest BCUT2D eigenvalue weighted by Crippen LogP contribution is 2.23. The van der Waals surface area contributed by atoms with E-state index in [2.05, 4.69) is 5.16 Å². The number of oxime groups is 1. The maximum absolute atomic E-state index is 12.8. The van der Waals surface area contributed by atoms with Crippen LogP contribution in [-0.4, -0.2) is 37.1 Å². The number of ether oxygens (including phenoxy) is 2. The summed E-state index contributed by atoms with van der Waals surface area (Å²) in [7, 11) is 2.95. The van der Waals surface area contributed by atoms with Crippen molar-refractivity contribution in [1.29, 1.82) is 0 Å². The summed E-state index contributed by atoms with van der Waals surface area (Å²) < 4.78 is 13.6. The number of rotatable bonds is 12. The molecule has 0 spiro atoms. The fourth-order valence-electron chi connectivity index (χ4n) is 4.95. The van der Waals surface area contributed by atoms with Crippen LogP contribution in [0.1, 0.15) is 22.3 Å². The number of benzene rings is 4. The van der Waals surface area contributed by atoms with E-state index < -0.39 is 0 Å². The Labute approximate surface area is 248 Å². The lowest BCUT2D eigenvalue weighted by Crippen LogP contribution is -2.21. The lowest BCUT2D eigenvalue weighted by atomic mass is 9.92. The largest absolute Gasteiger partial charge is 0.492 e. The molecule has 42 heavy (non-hydrogen) atoms. The van der Waals surface area contributed by atoms with Crippen molar-refractivity contribution in [3.05, 3.63) is 135 Å². The third-order valence-electron chi connectivity index (χ3n) is 7.02. The molecule has 0 aliphatic rings. The molecule has 0 radical (unpaired) electrons. The van der Waals surface area contributed by atoms with E-state index in [4.69, 9.17) is 14.3 Å². The van der Waals surface area contributed by atoms with E-state index in [0.29, 0.717) is 37.5 Å². The van der Waals surface area contributed by atoms with Crippen molar-refractivity contribution in [1.82, 2.24) is 4.57 Å². The van der Waals surface area contributed by atoms with Crippen molar-refractivity contribution in [2.45, 2.75) is 19.4 Å². The molecule has 5 rings (SSSR count). The van der Waals surface area contributed by atoms with Gasteiger partial charge in [-0.2, -0.15) is 0 Å². The van der Waals surface area contributed by atoms with E-state index in [1.165, 1.54) is 25.6 Å². The first kappa shape index (κ1) is 28.8. The van der Waals surface area contributed by atoms with Gasteiger partial charge in [-0.25, -0.2) is 0 Å². The summed E-state index contributed by atoms with van der Waals surface area (Å²) in [4.78, 5) is 30.3. The highest BCUT2D eigenvalue weighted by molar-refractivity contribution is 7.16. The van der Waals surface area contributed by atoms with Crippen LogP contribution in [0.4, 0.5) is 0 Å². The Hall–Kier alpha value is -4.69. The Morgan fingerprint density at radius 2 is 1.50 bits per heavy atom. The van der Waals surface area contributed by atoms with Gasteiger partial charge in [0.15, 0.2) is 0 Å². The zero-order valence-electron chi connectivity index (χ0n) is 23.6. The second-order valence-electron chi connectivity index (χ2n) is 9.80. The topological polar surface area (TPSA) is 79.1 Å². The number of nitrogens with zero attached hydrogens (tertiary/aromatic N) is 2. The smallest absolute Gasteiger partial charge is 0.309 e. The maximum Gasteiger partial charge on any atom is 0.309 e. The quantitative estimate of drug-likeness (QED) is 0.101. The predicted octanol–water partition coefficient (Wildman–Crippen LogP) is 6.12. The molecule has 214 valence electrons. The molecule has 1 unspecified atom stereocenters. The molecule has 0 amide bonds. The third kappa shape index (κ3) is 6.95. The van der Waals surface area contributed by atoms with Crippen molar-refractivity contribution in [3.63, 3.8) is 0 Å². The molecule has 0 bridgehead atoms. The van der Waals surface area contributed by atoms with E-state index >= 15 is 0 Å². The Balaban J connectivity index is 1.23. The molecule has 1 aromatic heterocycles. The minimum atomic E-state index is -0.270. The number of methoxy groups -OCH3 is 1. The summed E-state index contributed by atoms with van der Waals surface area (Å²) in [5, 5.41) is 4.23. The van der Waals surface area contributed by atoms with Crippen LogP contribution in [0, 0.1) is 5.92 Å². The van der Waals surface area contributed by atoms with Crippen molar-refractivity contribution >= 4 is 33.2 Å². The number of fused-ring (bicyclic) bond motifs is 1. The number of carbonyl (C=O) groups is 1. The number of aromatic nitrogens is 1. The summed E-state index contributed by atoms with van der Waals surface area (Å²) >= 11 is 1.20. The average Bonchev–Trinajstić information content (AvgIpc) is 3.34. The molecule has 0 saturated heterocycles. The van der Waals surface area contributed by atoms with Crippen molar-refractivity contribution in [2.24, 2.45) is 11.1 Å². The first-order valence-corrected chi connectivity index (χ1v) is 14.5. The van der Waals surface area contributed by atoms with Gasteiger partial charge in [0.1, 0.15) is 25.2 Å². The van der Waals surface area contributed by atoms with Gasteiger partial charge in [0.2, 0.25) is 0 Å². The summed E-state index contributed by atoms with van der Waals surface area (Å²) in [6.07, 6.45) is 1.19. The number of carbonyl (C=O) groups excluding carboxylic acids is 1. The van der Waals surface area contributed by atoms with E-state index in [1.54, 1.807) is 4.57 Å². The van der Waals surface area contributed by atoms with Crippen LogP contribution in [0.15, 0.2) is 113 Å². The summed E-state index contributed by atoms with van der Waals surface area (Å²) in [6.45, 7) is 0.755. The molecule has 1 heterocycles. The van der Waals surface area contributed by atoms with E-state index in [9.17, 15) is 9.59 Å². The van der Waals surface area contributed by atoms with Crippen LogP contribution in [-0.2, 0) is 33.8 Å². The first-order valence-electron chi connectivity index (χ1n) is 13.7. The van der Waals surface area contributed by atoms with Crippen LogP contribution in [0.5, 0.6) is 5.75 Å². The molecular formula is C34H32N2O5S. The van der Waals surface area contributed by atoms with E-state index in [-0.39, 0.29) is 16.8 Å². The van der Waals surface area contributed by atoms with Gasteiger partial charge in [-0.1, -0.05) is 95.4 Å². The average molecular weight is 581 g/mol. The third-order valence-corrected chi connectivity index (χ3v) is 7.96. The Morgan fingerprint density at radius 3 is 2.17 bits per heavy atom. The van der Waals surface area contributed by atoms with Crippen LogP contribution >= 0.6 is 11.3 Å². The van der Waals surface area contributed by atoms with Gasteiger partial charge in [0.05, 0.1) is 29.8 Å². The Kier molecular flexibility index (Phi) is 9.46. The summed E-state index contributed by atoms with van der Waals surface area (Å²) in [5.41, 5.74) is 5.48. The molecule has 4 aromatic carbocycles. The fraction of sp³-hybridized carbons (Fsp3) is 0.206. The lowest BCUT2D eigenvalue weighted by molar-refractivity contribution is -0.145. The Bertz CT molecular complexity index is 1710. The molecule has 0 fully saturated rings. The van der Waals surface area contributed by atoms with Crippen molar-refractivity contribution in [2.75, 3.05) is 20.8 Å². The maximum atomic E-state index is 12.8. The molecule has 8 heteroatoms. The standard InChI is InChI=1S/C34H32N2O5S/c1-39-33(37)28(21-24-9-5-3-6-10-24)22-25-13-16-29(17-14-25)41-20-19-36-30-18-15-27(23-31(30)42-34(36)38)32(35-40-2)26-11-7-4-8-12-26/h3-18,23,28H,19-22H2,1-2H3/b35-32+. The molecule has 0 aliphatic heterocycles. The van der Waals surface area contributed by atoms with Crippen molar-refractivity contribution in [3.8, 4) is 5.75 Å². The van der Waals surface area contributed by atoms with Crippen LogP contribution in [0.3, 0.4) is 0 Å². The van der Waals surface area contributed by atoms with Gasteiger partial charge in [0.25, 0.3) is 0 Å². The molecule has 0 N–H and O–H groups in total. The highest BCUT2D eigenvalue weighted by atomic mass is 32.1. The van der Waals surface area contributed by atoms with E-state index in [1.807, 2.05) is 103 Å². The number of esters is 1. The normalized spacial score (nSPS) is 12.2. The van der Waals surface area contributed by atoms with Gasteiger partial charge >= 0.3 is 10.8 Å². The summed E-state index contributed by atoms with van der Waals surface area (Å²) in [5.74, 6) is 0.213. The highest BCUT2D eigenvalue weighted by Gasteiger charge is 2.20. The first-order chi connectivity index (χ1) is 20.6. The zero-order chi connectivity index (χ0) is 29.3. The van der Waals surface area contributed by atoms with Crippen LogP contribution in [0.25, 0.3) is 10.2 Å². The van der Waals surface area contributed by atoms with Gasteiger partial charge < -0.3 is 14.3 Å². The zero-order valence-corrected chi connectivity index (χ0v) is 24.4. The summed E-state index contributed by atoms with van der Waals surface area (Å²) in [6, 6.07) is 33.3. The molecular weight excluding hydrogens is 548 g/mol. The SMILES string of the molecule is CO/N=C(\c1ccccc1)c1ccc2c(c1)sc(=O)n2CCOc1ccc(CC(Cc2ccccc2)C(=O)OC)cc1.